The van der Waals surface area contributed by atoms with Gasteiger partial charge in [-0.05, 0) is 51.1 Å². The van der Waals surface area contributed by atoms with Crippen LogP contribution in [0.5, 0.6) is 5.75 Å². The largest absolute Gasteiger partial charge is 0.494 e. The van der Waals surface area contributed by atoms with Crippen LogP contribution in [0.25, 0.3) is 11.0 Å². The van der Waals surface area contributed by atoms with Crippen LogP contribution in [-0.2, 0) is 9.53 Å². The number of aryl methyl sites for hydroxylation is 2. The minimum atomic E-state index is -0.680. The van der Waals surface area contributed by atoms with Gasteiger partial charge in [-0.2, -0.15) is 0 Å². The molecule has 0 unspecified atom stereocenters. The second kappa shape index (κ2) is 7.95. The van der Waals surface area contributed by atoms with Crippen molar-refractivity contribution in [1.29, 1.82) is 0 Å². The van der Waals surface area contributed by atoms with Gasteiger partial charge in [0.2, 0.25) is 5.76 Å². The molecule has 0 saturated heterocycles. The third kappa shape index (κ3) is 4.28. The van der Waals surface area contributed by atoms with Crippen molar-refractivity contribution in [1.82, 2.24) is 0 Å². The highest BCUT2D eigenvalue weighted by molar-refractivity contribution is 5.98. The van der Waals surface area contributed by atoms with Gasteiger partial charge >= 0.3 is 5.97 Å². The summed E-state index contributed by atoms with van der Waals surface area (Å²) in [6.45, 7) is 5.78. The third-order valence-corrected chi connectivity index (χ3v) is 4.07. The minimum Gasteiger partial charge on any atom is -0.494 e. The predicted octanol–water partition coefficient (Wildman–Crippen LogP) is 4.24. The first-order valence-corrected chi connectivity index (χ1v) is 8.67. The van der Waals surface area contributed by atoms with E-state index < -0.39 is 18.5 Å². The molecule has 0 radical (unpaired) electrons. The Morgan fingerprint density at radius 1 is 1.07 bits per heavy atom. The fourth-order valence-electron chi connectivity index (χ4n) is 2.68. The van der Waals surface area contributed by atoms with E-state index in [0.717, 1.165) is 10.9 Å². The van der Waals surface area contributed by atoms with E-state index in [2.05, 4.69) is 5.32 Å². The first kappa shape index (κ1) is 18.5. The van der Waals surface area contributed by atoms with Crippen LogP contribution in [0.3, 0.4) is 0 Å². The Balaban J connectivity index is 1.66. The number of fused-ring (bicyclic) bond motifs is 1. The zero-order valence-corrected chi connectivity index (χ0v) is 15.5. The zero-order valence-electron chi connectivity index (χ0n) is 15.5. The first-order chi connectivity index (χ1) is 13.0. The number of benzene rings is 2. The van der Waals surface area contributed by atoms with Crippen molar-refractivity contribution in [2.24, 2.45) is 0 Å². The van der Waals surface area contributed by atoms with Gasteiger partial charge < -0.3 is 19.2 Å². The zero-order chi connectivity index (χ0) is 19.4. The summed E-state index contributed by atoms with van der Waals surface area (Å²) in [7, 11) is 0. The molecule has 0 aliphatic rings. The smallest absolute Gasteiger partial charge is 0.375 e. The van der Waals surface area contributed by atoms with Crippen LogP contribution in [0.4, 0.5) is 5.69 Å². The molecule has 3 aromatic rings. The molecule has 0 aliphatic heterocycles. The van der Waals surface area contributed by atoms with Crippen LogP contribution in [0.1, 0.15) is 28.6 Å². The van der Waals surface area contributed by atoms with Crippen molar-refractivity contribution in [3.63, 3.8) is 0 Å². The molecular formula is C21H21NO5. The van der Waals surface area contributed by atoms with Crippen LogP contribution in [0, 0.1) is 13.8 Å². The van der Waals surface area contributed by atoms with Gasteiger partial charge in [0, 0.05) is 16.6 Å². The molecule has 1 aromatic heterocycles. The number of hydrogen-bond acceptors (Lipinski definition) is 5. The lowest BCUT2D eigenvalue weighted by atomic mass is 10.1. The van der Waals surface area contributed by atoms with Crippen LogP contribution >= 0.6 is 0 Å². The van der Waals surface area contributed by atoms with Crippen LogP contribution < -0.4 is 10.1 Å². The average molecular weight is 367 g/mol. The van der Waals surface area contributed by atoms with Gasteiger partial charge in [0.15, 0.2) is 6.61 Å². The Bertz CT molecular complexity index is 972. The van der Waals surface area contributed by atoms with Crippen molar-refractivity contribution in [2.75, 3.05) is 18.5 Å². The number of ether oxygens (including phenoxy) is 2. The lowest BCUT2D eigenvalue weighted by Gasteiger charge is -2.06. The molecule has 6 nitrogen and oxygen atoms in total. The molecule has 0 fully saturated rings. The number of carbonyl (C=O) groups is 2. The number of hydrogen-bond donors (Lipinski definition) is 1. The molecule has 1 heterocycles. The van der Waals surface area contributed by atoms with Gasteiger partial charge in [-0.3, -0.25) is 4.79 Å². The highest BCUT2D eigenvalue weighted by atomic mass is 16.5. The summed E-state index contributed by atoms with van der Waals surface area (Å²) >= 11 is 0. The molecule has 0 atom stereocenters. The fourth-order valence-corrected chi connectivity index (χ4v) is 2.68. The van der Waals surface area contributed by atoms with E-state index in [1.165, 1.54) is 0 Å². The second-order valence-electron chi connectivity index (χ2n) is 6.14. The molecule has 0 bridgehead atoms. The molecule has 2 aromatic carbocycles. The summed E-state index contributed by atoms with van der Waals surface area (Å²) in [4.78, 5) is 24.3. The standard InChI is InChI=1S/C21H21NO5/c1-4-25-16-9-10-18-17(11-16)14(3)20(27-18)21(24)26-12-19(23)22-15-7-5-13(2)6-8-15/h5-11H,4,12H2,1-3H3,(H,22,23). The van der Waals surface area contributed by atoms with Gasteiger partial charge in [0.05, 0.1) is 6.61 Å². The van der Waals surface area contributed by atoms with Crippen molar-refractivity contribution in [2.45, 2.75) is 20.8 Å². The summed E-state index contributed by atoms with van der Waals surface area (Å²) in [5.74, 6) is -0.312. The normalized spacial score (nSPS) is 10.6. The first-order valence-electron chi connectivity index (χ1n) is 8.67. The molecule has 0 spiro atoms. The number of esters is 1. The minimum absolute atomic E-state index is 0.0850. The molecule has 6 heteroatoms. The summed E-state index contributed by atoms with van der Waals surface area (Å²) in [5.41, 5.74) is 2.94. The lowest BCUT2D eigenvalue weighted by Crippen LogP contribution is -2.21. The van der Waals surface area contributed by atoms with Gasteiger partial charge in [0.25, 0.3) is 5.91 Å². The number of anilines is 1. The monoisotopic (exact) mass is 367 g/mol. The van der Waals surface area contributed by atoms with Gasteiger partial charge in [-0.15, -0.1) is 0 Å². The van der Waals surface area contributed by atoms with E-state index in [9.17, 15) is 9.59 Å². The summed E-state index contributed by atoms with van der Waals surface area (Å²) in [6.07, 6.45) is 0. The highest BCUT2D eigenvalue weighted by Crippen LogP contribution is 2.29. The van der Waals surface area contributed by atoms with Gasteiger partial charge in [-0.1, -0.05) is 17.7 Å². The highest BCUT2D eigenvalue weighted by Gasteiger charge is 2.20. The van der Waals surface area contributed by atoms with Gasteiger partial charge in [0.1, 0.15) is 11.3 Å². The number of amides is 1. The molecule has 0 saturated carbocycles. The summed E-state index contributed by atoms with van der Waals surface area (Å²) < 4.78 is 16.2. The molecule has 140 valence electrons. The topological polar surface area (TPSA) is 77.8 Å². The van der Waals surface area contributed by atoms with Crippen molar-refractivity contribution in [3.05, 3.63) is 59.4 Å². The molecule has 27 heavy (non-hydrogen) atoms. The fraction of sp³-hybridized carbons (Fsp3) is 0.238. The molecular weight excluding hydrogens is 346 g/mol. The molecule has 1 amide bonds. The van der Waals surface area contributed by atoms with Crippen molar-refractivity contribution < 1.29 is 23.5 Å². The quantitative estimate of drug-likeness (QED) is 0.659. The number of furan rings is 1. The van der Waals surface area contributed by atoms with Crippen LogP contribution in [0.15, 0.2) is 46.9 Å². The van der Waals surface area contributed by atoms with E-state index in [-0.39, 0.29) is 5.76 Å². The van der Waals surface area contributed by atoms with E-state index in [0.29, 0.717) is 29.2 Å². The second-order valence-corrected chi connectivity index (χ2v) is 6.14. The van der Waals surface area contributed by atoms with E-state index >= 15 is 0 Å². The maximum absolute atomic E-state index is 12.3. The van der Waals surface area contributed by atoms with Crippen LogP contribution in [-0.4, -0.2) is 25.1 Å². The average Bonchev–Trinajstić information content (AvgIpc) is 2.98. The Labute approximate surface area is 157 Å². The number of rotatable bonds is 6. The van der Waals surface area contributed by atoms with Crippen molar-refractivity contribution >= 4 is 28.5 Å². The predicted molar refractivity (Wildman–Crippen MR) is 102 cm³/mol. The molecule has 3 rings (SSSR count). The SMILES string of the molecule is CCOc1ccc2oc(C(=O)OCC(=O)Nc3ccc(C)cc3)c(C)c2c1. The Morgan fingerprint density at radius 3 is 2.52 bits per heavy atom. The van der Waals surface area contributed by atoms with E-state index in [1.54, 1.807) is 31.2 Å². The third-order valence-electron chi connectivity index (χ3n) is 4.07. The summed E-state index contributed by atoms with van der Waals surface area (Å²) in [5, 5.41) is 3.45. The van der Waals surface area contributed by atoms with Gasteiger partial charge in [-0.25, -0.2) is 4.79 Å². The van der Waals surface area contributed by atoms with Crippen LogP contribution in [0.2, 0.25) is 0 Å². The van der Waals surface area contributed by atoms with Crippen molar-refractivity contribution in [3.8, 4) is 5.75 Å². The molecule has 1 N–H and O–H groups in total. The lowest BCUT2D eigenvalue weighted by molar-refractivity contribution is -0.119. The number of nitrogens with one attached hydrogen (secondary N) is 1. The Morgan fingerprint density at radius 2 is 1.81 bits per heavy atom. The Hall–Kier alpha value is -3.28. The van der Waals surface area contributed by atoms with E-state index in [4.69, 9.17) is 13.9 Å². The van der Waals surface area contributed by atoms with E-state index in [1.807, 2.05) is 32.0 Å². The Kier molecular flexibility index (Phi) is 5.45. The molecule has 0 aliphatic carbocycles. The summed E-state index contributed by atoms with van der Waals surface area (Å²) in [6, 6.07) is 12.7. The maximum atomic E-state index is 12.3. The maximum Gasteiger partial charge on any atom is 0.375 e. The number of carbonyl (C=O) groups excluding carboxylic acids is 2.